The fourth-order valence-corrected chi connectivity index (χ4v) is 2.64. The Kier molecular flexibility index (Phi) is 4.33. The van der Waals surface area contributed by atoms with Crippen LogP contribution < -0.4 is 21.5 Å². The summed E-state index contributed by atoms with van der Waals surface area (Å²) < 4.78 is 0. The number of phenolic OH excluding ortho intramolecular Hbond substituents is 1. The van der Waals surface area contributed by atoms with Crippen molar-refractivity contribution in [2.75, 3.05) is 10.6 Å². The van der Waals surface area contributed by atoms with Crippen molar-refractivity contribution in [2.45, 2.75) is 19.4 Å². The van der Waals surface area contributed by atoms with E-state index in [4.69, 9.17) is 0 Å². The van der Waals surface area contributed by atoms with Crippen LogP contribution in [0.5, 0.6) is 5.75 Å². The summed E-state index contributed by atoms with van der Waals surface area (Å²) in [6, 6.07) is 16.3. The molecular formula is C19H18N2O3. The summed E-state index contributed by atoms with van der Waals surface area (Å²) in [5.74, 6) is 0.0200. The first-order valence-electron chi connectivity index (χ1n) is 7.81. The summed E-state index contributed by atoms with van der Waals surface area (Å²) in [4.78, 5) is 23.9. The number of phenols is 1. The first-order valence-corrected chi connectivity index (χ1v) is 7.81. The number of benzene rings is 2. The molecule has 0 amide bonds. The molecule has 24 heavy (non-hydrogen) atoms. The summed E-state index contributed by atoms with van der Waals surface area (Å²) in [6.07, 6.45) is 0.763. The molecule has 0 radical (unpaired) electrons. The van der Waals surface area contributed by atoms with Crippen molar-refractivity contribution in [3.63, 3.8) is 0 Å². The van der Waals surface area contributed by atoms with Gasteiger partial charge in [-0.05, 0) is 24.1 Å². The quantitative estimate of drug-likeness (QED) is 0.479. The van der Waals surface area contributed by atoms with Gasteiger partial charge in [0.1, 0.15) is 17.1 Å². The lowest BCUT2D eigenvalue weighted by molar-refractivity contribution is 0.478. The molecule has 0 spiro atoms. The third-order valence-electron chi connectivity index (χ3n) is 4.00. The summed E-state index contributed by atoms with van der Waals surface area (Å²) in [5, 5.41) is 15.8. The highest BCUT2D eigenvalue weighted by molar-refractivity contribution is 5.80. The lowest BCUT2D eigenvalue weighted by Crippen LogP contribution is -2.37. The molecule has 0 heterocycles. The van der Waals surface area contributed by atoms with Crippen LogP contribution in [0.15, 0.2) is 64.2 Å². The van der Waals surface area contributed by atoms with E-state index in [2.05, 4.69) is 10.6 Å². The van der Waals surface area contributed by atoms with Crippen molar-refractivity contribution in [1.29, 1.82) is 0 Å². The van der Waals surface area contributed by atoms with E-state index < -0.39 is 10.9 Å². The SMILES string of the molecule is CC[C@@H](Nc1c(Nc2ccccc2O)c(=O)c1=O)c1ccccc1. The molecule has 0 aliphatic rings. The molecule has 3 aromatic carbocycles. The Hall–Kier alpha value is -3.08. The van der Waals surface area contributed by atoms with Crippen LogP contribution in [0.3, 0.4) is 0 Å². The summed E-state index contributed by atoms with van der Waals surface area (Å²) in [6.45, 7) is 2.01. The van der Waals surface area contributed by atoms with Gasteiger partial charge in [-0.1, -0.05) is 49.4 Å². The molecular weight excluding hydrogens is 304 g/mol. The molecule has 0 aliphatic carbocycles. The molecule has 3 N–H and O–H groups in total. The third-order valence-corrected chi connectivity index (χ3v) is 4.00. The van der Waals surface area contributed by atoms with Crippen LogP contribution in [0.4, 0.5) is 17.1 Å². The van der Waals surface area contributed by atoms with Gasteiger partial charge in [0.15, 0.2) is 0 Å². The molecule has 5 nitrogen and oxygen atoms in total. The minimum Gasteiger partial charge on any atom is -0.506 e. The van der Waals surface area contributed by atoms with Crippen LogP contribution in [0.25, 0.3) is 0 Å². The number of aromatic hydroxyl groups is 1. The average Bonchev–Trinajstić information content (AvgIpc) is 2.63. The van der Waals surface area contributed by atoms with E-state index >= 15 is 0 Å². The van der Waals surface area contributed by atoms with Gasteiger partial charge in [0.05, 0.1) is 11.7 Å². The lowest BCUT2D eigenvalue weighted by Gasteiger charge is -2.22. The maximum atomic E-state index is 12.0. The molecule has 0 saturated heterocycles. The van der Waals surface area contributed by atoms with Gasteiger partial charge in [-0.15, -0.1) is 0 Å². The Morgan fingerprint density at radius 1 is 0.917 bits per heavy atom. The number of rotatable bonds is 6. The second-order valence-electron chi connectivity index (χ2n) is 5.57. The molecule has 0 fully saturated rings. The molecule has 0 aliphatic heterocycles. The third kappa shape index (κ3) is 2.88. The van der Waals surface area contributed by atoms with Crippen molar-refractivity contribution in [1.82, 2.24) is 0 Å². The number of para-hydroxylation sites is 2. The zero-order valence-electron chi connectivity index (χ0n) is 13.2. The van der Waals surface area contributed by atoms with Gasteiger partial charge < -0.3 is 15.7 Å². The molecule has 0 bridgehead atoms. The van der Waals surface area contributed by atoms with Gasteiger partial charge in [-0.3, -0.25) is 9.59 Å². The Bertz CT molecular complexity index is 912. The zero-order chi connectivity index (χ0) is 17.1. The van der Waals surface area contributed by atoms with E-state index in [0.29, 0.717) is 5.69 Å². The van der Waals surface area contributed by atoms with Crippen molar-refractivity contribution >= 4 is 17.1 Å². The van der Waals surface area contributed by atoms with Gasteiger partial charge in [0.25, 0.3) is 10.9 Å². The van der Waals surface area contributed by atoms with Crippen LogP contribution in [-0.4, -0.2) is 5.11 Å². The molecule has 0 aromatic heterocycles. The Morgan fingerprint density at radius 2 is 1.54 bits per heavy atom. The highest BCUT2D eigenvalue weighted by Crippen LogP contribution is 2.30. The first kappa shape index (κ1) is 15.8. The maximum absolute atomic E-state index is 12.0. The van der Waals surface area contributed by atoms with Crippen LogP contribution >= 0.6 is 0 Å². The van der Waals surface area contributed by atoms with E-state index in [1.165, 1.54) is 6.07 Å². The highest BCUT2D eigenvalue weighted by Gasteiger charge is 2.24. The molecule has 3 rings (SSSR count). The topological polar surface area (TPSA) is 78.4 Å². The van der Waals surface area contributed by atoms with Crippen molar-refractivity contribution in [2.24, 2.45) is 0 Å². The standard InChI is InChI=1S/C19H18N2O3/c1-2-13(12-8-4-3-5-9-12)20-16-17(19(24)18(16)23)21-14-10-6-7-11-15(14)22/h3-11,13,20-22H,2H2,1H3/t13-/m1/s1. The normalized spacial score (nSPS) is 12.0. The summed E-state index contributed by atoms with van der Waals surface area (Å²) >= 11 is 0. The van der Waals surface area contributed by atoms with Crippen LogP contribution in [0.1, 0.15) is 24.9 Å². The fourth-order valence-electron chi connectivity index (χ4n) is 2.64. The van der Waals surface area contributed by atoms with Crippen molar-refractivity contribution in [3.8, 4) is 5.75 Å². The minimum absolute atomic E-state index is 0.0200. The Morgan fingerprint density at radius 3 is 2.21 bits per heavy atom. The van der Waals surface area contributed by atoms with Crippen LogP contribution in [0.2, 0.25) is 0 Å². The summed E-state index contributed by atoms with van der Waals surface area (Å²) in [5.41, 5.74) is 0.766. The van der Waals surface area contributed by atoms with E-state index in [1.54, 1.807) is 18.2 Å². The fraction of sp³-hybridized carbons (Fsp3) is 0.158. The zero-order valence-corrected chi connectivity index (χ0v) is 13.2. The largest absolute Gasteiger partial charge is 0.506 e. The van der Waals surface area contributed by atoms with E-state index in [9.17, 15) is 14.7 Å². The first-order chi connectivity index (χ1) is 11.6. The summed E-state index contributed by atoms with van der Waals surface area (Å²) in [7, 11) is 0. The van der Waals surface area contributed by atoms with Gasteiger partial charge in [0.2, 0.25) is 0 Å². The second-order valence-corrected chi connectivity index (χ2v) is 5.57. The predicted molar refractivity (Wildman–Crippen MR) is 95.8 cm³/mol. The Balaban J connectivity index is 1.87. The van der Waals surface area contributed by atoms with Crippen molar-refractivity contribution in [3.05, 3.63) is 80.6 Å². The van der Waals surface area contributed by atoms with E-state index in [0.717, 1.165) is 12.0 Å². The molecule has 122 valence electrons. The molecule has 3 aromatic rings. The van der Waals surface area contributed by atoms with Crippen molar-refractivity contribution < 1.29 is 5.11 Å². The highest BCUT2D eigenvalue weighted by atomic mass is 16.3. The smallest absolute Gasteiger partial charge is 0.253 e. The molecule has 1 atom stereocenters. The number of anilines is 3. The van der Waals surface area contributed by atoms with Gasteiger partial charge in [-0.2, -0.15) is 0 Å². The van der Waals surface area contributed by atoms with E-state index in [1.807, 2.05) is 37.3 Å². The molecule has 5 heteroatoms. The van der Waals surface area contributed by atoms with E-state index in [-0.39, 0.29) is 23.2 Å². The lowest BCUT2D eigenvalue weighted by atomic mass is 10.0. The Labute approximate surface area is 139 Å². The maximum Gasteiger partial charge on any atom is 0.253 e. The van der Waals surface area contributed by atoms with Crippen LogP contribution in [-0.2, 0) is 0 Å². The number of nitrogens with one attached hydrogen (secondary N) is 2. The second kappa shape index (κ2) is 6.58. The molecule has 0 unspecified atom stereocenters. The number of hydrogen-bond acceptors (Lipinski definition) is 5. The van der Waals surface area contributed by atoms with Gasteiger partial charge in [0, 0.05) is 0 Å². The van der Waals surface area contributed by atoms with Gasteiger partial charge >= 0.3 is 0 Å². The monoisotopic (exact) mass is 322 g/mol. The predicted octanol–water partition coefficient (Wildman–Crippen LogP) is 3.30. The number of hydrogen-bond donors (Lipinski definition) is 3. The molecule has 0 saturated carbocycles. The minimum atomic E-state index is -0.580. The average molecular weight is 322 g/mol. The van der Waals surface area contributed by atoms with Crippen LogP contribution in [0, 0.1) is 0 Å². The van der Waals surface area contributed by atoms with Gasteiger partial charge in [-0.25, -0.2) is 0 Å².